The van der Waals surface area contributed by atoms with Crippen LogP contribution >= 0.6 is 0 Å². The summed E-state index contributed by atoms with van der Waals surface area (Å²) in [6.45, 7) is 8.58. The van der Waals surface area contributed by atoms with Gasteiger partial charge in [-0.2, -0.15) is 0 Å². The van der Waals surface area contributed by atoms with E-state index in [0.717, 1.165) is 0 Å². The molecule has 0 aromatic heterocycles. The number of esters is 3. The third kappa shape index (κ3) is 2.95. The Kier molecular flexibility index (Phi) is 5.16. The molecule has 2 saturated carbocycles. The molecule has 30 heavy (non-hydrogen) atoms. The predicted octanol–water partition coefficient (Wildman–Crippen LogP) is 1.66. The average molecular weight is 420 g/mol. The smallest absolute Gasteiger partial charge is 0.334 e. The molecule has 3 fully saturated rings. The Bertz CT molecular complexity index is 816. The lowest BCUT2D eigenvalue weighted by molar-refractivity contribution is -0.172. The van der Waals surface area contributed by atoms with Gasteiger partial charge < -0.3 is 24.1 Å². The molecule has 0 aromatic carbocycles. The Hall–Kier alpha value is -2.35. The zero-order valence-electron chi connectivity index (χ0n) is 17.5. The van der Waals surface area contributed by atoms with Crippen LogP contribution in [0, 0.1) is 23.7 Å². The second-order valence-electron chi connectivity index (χ2n) is 8.79. The van der Waals surface area contributed by atoms with Gasteiger partial charge in [0.2, 0.25) is 0 Å². The number of aliphatic hydroxyl groups is 1. The predicted molar refractivity (Wildman–Crippen MR) is 103 cm³/mol. The fourth-order valence-electron chi connectivity index (χ4n) is 5.46. The van der Waals surface area contributed by atoms with Crippen molar-refractivity contribution in [2.24, 2.45) is 23.7 Å². The third-order valence-electron chi connectivity index (χ3n) is 7.20. The molecule has 2 aliphatic carbocycles. The van der Waals surface area contributed by atoms with Gasteiger partial charge >= 0.3 is 17.9 Å². The van der Waals surface area contributed by atoms with Gasteiger partial charge in [0.1, 0.15) is 11.7 Å². The van der Waals surface area contributed by atoms with Gasteiger partial charge in [-0.05, 0) is 25.2 Å². The Morgan fingerprint density at radius 3 is 2.77 bits per heavy atom. The summed E-state index contributed by atoms with van der Waals surface area (Å²) >= 11 is 0. The molecule has 8 atom stereocenters. The van der Waals surface area contributed by atoms with Crippen LogP contribution < -0.4 is 0 Å². The highest BCUT2D eigenvalue weighted by Gasteiger charge is 2.67. The minimum Gasteiger partial charge on any atom is -0.492 e. The number of carbonyl (C=O) groups is 3. The zero-order chi connectivity index (χ0) is 21.8. The van der Waals surface area contributed by atoms with E-state index in [9.17, 15) is 19.5 Å². The summed E-state index contributed by atoms with van der Waals surface area (Å²) < 4.78 is 23.3. The van der Waals surface area contributed by atoms with E-state index in [4.69, 9.17) is 18.9 Å². The summed E-state index contributed by atoms with van der Waals surface area (Å²) in [6, 6.07) is 0. The SMILES string of the molecule is C=C1C(=O)O[C@H]2[C@H]1[C@H](OC(=O)[C@@H](C)CC)[C@@H](OC(C)=O)C1=CO[C@@]3(CO)CC[C@@H]1[C@@H]23. The molecule has 0 unspecified atom stereocenters. The third-order valence-corrected chi connectivity index (χ3v) is 7.20. The molecular formula is C22H28O8. The van der Waals surface area contributed by atoms with Crippen molar-refractivity contribution in [3.05, 3.63) is 24.0 Å². The van der Waals surface area contributed by atoms with Gasteiger partial charge in [-0.15, -0.1) is 0 Å². The highest BCUT2D eigenvalue weighted by atomic mass is 16.6. The Balaban J connectivity index is 1.84. The molecule has 4 bridgehead atoms. The van der Waals surface area contributed by atoms with Crippen LogP contribution in [0.1, 0.15) is 40.0 Å². The van der Waals surface area contributed by atoms with Crippen LogP contribution in [-0.2, 0) is 33.3 Å². The van der Waals surface area contributed by atoms with E-state index in [1.165, 1.54) is 13.2 Å². The van der Waals surface area contributed by atoms with Crippen molar-refractivity contribution in [3.8, 4) is 0 Å². The molecule has 4 rings (SSSR count). The van der Waals surface area contributed by atoms with Crippen molar-refractivity contribution in [2.45, 2.75) is 63.9 Å². The highest BCUT2D eigenvalue weighted by molar-refractivity contribution is 5.91. The quantitative estimate of drug-likeness (QED) is 0.406. The van der Waals surface area contributed by atoms with Crippen molar-refractivity contribution < 1.29 is 38.4 Å². The monoisotopic (exact) mass is 420 g/mol. The van der Waals surface area contributed by atoms with E-state index in [0.29, 0.717) is 24.8 Å². The summed E-state index contributed by atoms with van der Waals surface area (Å²) in [5.74, 6) is -3.07. The first-order chi connectivity index (χ1) is 14.2. The van der Waals surface area contributed by atoms with Crippen LogP contribution in [0.4, 0.5) is 0 Å². The second-order valence-corrected chi connectivity index (χ2v) is 8.79. The van der Waals surface area contributed by atoms with Crippen LogP contribution in [0.15, 0.2) is 24.0 Å². The van der Waals surface area contributed by atoms with Gasteiger partial charge in [-0.3, -0.25) is 9.59 Å². The molecule has 0 spiro atoms. The number of fused-ring (bicyclic) bond motifs is 1. The summed E-state index contributed by atoms with van der Waals surface area (Å²) in [5, 5.41) is 10.2. The number of hydrogen-bond donors (Lipinski definition) is 1. The molecule has 4 aliphatic rings. The topological polar surface area (TPSA) is 108 Å². The molecule has 1 saturated heterocycles. The second kappa shape index (κ2) is 7.41. The summed E-state index contributed by atoms with van der Waals surface area (Å²) in [5.41, 5.74) is -0.0185. The maximum atomic E-state index is 12.7. The largest absolute Gasteiger partial charge is 0.492 e. The lowest BCUT2D eigenvalue weighted by Crippen LogP contribution is -2.50. The maximum absolute atomic E-state index is 12.7. The number of carbonyl (C=O) groups excluding carboxylic acids is 3. The first-order valence-corrected chi connectivity index (χ1v) is 10.5. The van der Waals surface area contributed by atoms with E-state index < -0.39 is 47.7 Å². The summed E-state index contributed by atoms with van der Waals surface area (Å²) in [4.78, 5) is 37.2. The lowest BCUT2D eigenvalue weighted by Gasteiger charge is -2.41. The molecule has 8 nitrogen and oxygen atoms in total. The Morgan fingerprint density at radius 2 is 2.13 bits per heavy atom. The first-order valence-electron chi connectivity index (χ1n) is 10.5. The van der Waals surface area contributed by atoms with Crippen LogP contribution in [0.5, 0.6) is 0 Å². The minimum absolute atomic E-state index is 0.131. The van der Waals surface area contributed by atoms with Crippen LogP contribution in [0.2, 0.25) is 0 Å². The summed E-state index contributed by atoms with van der Waals surface area (Å²) in [6.07, 6.45) is 0.800. The fraction of sp³-hybridized carbons (Fsp3) is 0.682. The van der Waals surface area contributed by atoms with Gasteiger partial charge in [0.25, 0.3) is 0 Å². The molecule has 2 aliphatic heterocycles. The summed E-state index contributed by atoms with van der Waals surface area (Å²) in [7, 11) is 0. The van der Waals surface area contributed by atoms with Crippen molar-refractivity contribution in [1.29, 1.82) is 0 Å². The molecule has 0 aromatic rings. The first kappa shape index (κ1) is 20.9. The number of ether oxygens (including phenoxy) is 4. The van der Waals surface area contributed by atoms with Gasteiger partial charge in [0.15, 0.2) is 12.2 Å². The lowest BCUT2D eigenvalue weighted by atomic mass is 9.75. The van der Waals surface area contributed by atoms with E-state index in [2.05, 4.69) is 6.58 Å². The average Bonchev–Trinajstić information content (AvgIpc) is 3.13. The van der Waals surface area contributed by atoms with Gasteiger partial charge in [0, 0.05) is 24.0 Å². The highest BCUT2D eigenvalue weighted by Crippen LogP contribution is 2.59. The fourth-order valence-corrected chi connectivity index (χ4v) is 5.46. The Labute approximate surface area is 175 Å². The van der Waals surface area contributed by atoms with Gasteiger partial charge in [-0.1, -0.05) is 20.4 Å². The van der Waals surface area contributed by atoms with Gasteiger partial charge in [-0.25, -0.2) is 4.79 Å². The van der Waals surface area contributed by atoms with E-state index >= 15 is 0 Å². The molecule has 164 valence electrons. The van der Waals surface area contributed by atoms with Crippen molar-refractivity contribution >= 4 is 17.9 Å². The van der Waals surface area contributed by atoms with E-state index in [1.54, 1.807) is 6.92 Å². The maximum Gasteiger partial charge on any atom is 0.334 e. The Morgan fingerprint density at radius 1 is 1.40 bits per heavy atom. The molecule has 8 heteroatoms. The zero-order valence-corrected chi connectivity index (χ0v) is 17.5. The molecule has 2 heterocycles. The van der Waals surface area contributed by atoms with Crippen LogP contribution in [-0.4, -0.2) is 53.5 Å². The van der Waals surface area contributed by atoms with Crippen LogP contribution in [0.3, 0.4) is 0 Å². The van der Waals surface area contributed by atoms with Crippen molar-refractivity contribution in [3.63, 3.8) is 0 Å². The van der Waals surface area contributed by atoms with Crippen molar-refractivity contribution in [2.75, 3.05) is 6.61 Å². The van der Waals surface area contributed by atoms with E-state index in [1.807, 2.05) is 6.92 Å². The molecule has 0 amide bonds. The molecular weight excluding hydrogens is 392 g/mol. The molecule has 1 N–H and O–H groups in total. The van der Waals surface area contributed by atoms with Crippen molar-refractivity contribution in [1.82, 2.24) is 0 Å². The standard InChI is InChI=1S/C22H28O8/c1-5-10(2)20(25)30-19-15-11(3)21(26)29-18(15)16-13-6-7-22(16,9-23)27-8-14(13)17(19)28-12(4)24/h8,10,13,15-19,23H,3,5-7,9H2,1-2,4H3/t10-,13-,15-,16-,17-,18-,19-,22+/m0/s1. The number of aliphatic hydroxyl groups excluding tert-OH is 1. The minimum atomic E-state index is -0.964. The van der Waals surface area contributed by atoms with E-state index in [-0.39, 0.29) is 29.9 Å². The van der Waals surface area contributed by atoms with Crippen LogP contribution in [0.25, 0.3) is 0 Å². The number of rotatable bonds is 5. The molecule has 0 radical (unpaired) electrons. The number of hydrogen-bond acceptors (Lipinski definition) is 8. The van der Waals surface area contributed by atoms with Gasteiger partial charge in [0.05, 0.1) is 24.7 Å². The normalized spacial score (nSPS) is 39.8.